The first kappa shape index (κ1) is 74.7. The predicted octanol–water partition coefficient (Wildman–Crippen LogP) is -5.74. The second-order valence-electron chi connectivity index (χ2n) is 31.3. The Balaban J connectivity index is 0.869. The summed E-state index contributed by atoms with van der Waals surface area (Å²) in [4.78, 5) is 28.9. The van der Waals surface area contributed by atoms with E-state index in [0.717, 1.165) is 5.57 Å². The van der Waals surface area contributed by atoms with Gasteiger partial charge in [0, 0.05) is 12.3 Å². The Morgan fingerprint density at radius 1 is 0.562 bits per heavy atom. The molecule has 0 aromatic carbocycles. The van der Waals surface area contributed by atoms with E-state index in [9.17, 15) is 91.6 Å². The van der Waals surface area contributed by atoms with E-state index in [0.29, 0.717) is 44.9 Å². The van der Waals surface area contributed by atoms with E-state index in [1.54, 1.807) is 0 Å². The van der Waals surface area contributed by atoms with E-state index in [2.05, 4.69) is 39.1 Å². The zero-order valence-corrected chi connectivity index (χ0v) is 55.4. The van der Waals surface area contributed by atoms with Gasteiger partial charge in [-0.1, -0.05) is 60.1 Å². The molecule has 6 heterocycles. The van der Waals surface area contributed by atoms with Crippen molar-refractivity contribution < 1.29 is 153 Å². The molecule has 34 atom stereocenters. The first-order chi connectivity index (χ1) is 44.9. The molecule has 6 saturated heterocycles. The molecule has 0 bridgehead atoms. The number of aliphatic hydroxyl groups excluding tert-OH is 15. The minimum Gasteiger partial charge on any atom is -0.432 e. The summed E-state index contributed by atoms with van der Waals surface area (Å²) in [7, 11) is 0. The van der Waals surface area contributed by atoms with Gasteiger partial charge in [-0.05, 0) is 90.8 Å². The number of allylic oxidation sites excluding steroid dienone is 1. The molecule has 96 heavy (non-hydrogen) atoms. The Bertz CT molecular complexity index is 2790. The fourth-order valence-electron chi connectivity index (χ4n) is 18.7. The third kappa shape index (κ3) is 12.5. The number of amides is 1. The lowest BCUT2D eigenvalue weighted by Gasteiger charge is -2.72. The van der Waals surface area contributed by atoms with Crippen molar-refractivity contribution in [3.05, 3.63) is 11.6 Å². The molecule has 32 nitrogen and oxygen atoms in total. The number of hydrogen-bond acceptors (Lipinski definition) is 31. The maximum Gasteiger partial charge on any atom is 0.317 e. The van der Waals surface area contributed by atoms with Gasteiger partial charge in [-0.25, -0.2) is 0 Å². The summed E-state index contributed by atoms with van der Waals surface area (Å²) in [5.41, 5.74) is -9.14. The van der Waals surface area contributed by atoms with Crippen molar-refractivity contribution in [2.24, 2.45) is 50.2 Å². The summed E-state index contributed by atoms with van der Waals surface area (Å²) < 4.78 is 71.8. The zero-order valence-electron chi connectivity index (χ0n) is 55.4. The first-order valence-electron chi connectivity index (χ1n) is 33.6. The molecular weight excluding hydrogens is 1280 g/mol. The van der Waals surface area contributed by atoms with Crippen molar-refractivity contribution >= 4 is 11.9 Å². The van der Waals surface area contributed by atoms with Crippen molar-refractivity contribution in [1.29, 1.82) is 0 Å². The van der Waals surface area contributed by atoms with Crippen LogP contribution in [0.5, 0.6) is 0 Å². The number of fused-ring (bicyclic) bond motifs is 7. The third-order valence-corrected chi connectivity index (χ3v) is 24.8. The minimum atomic E-state index is -2.22. The Morgan fingerprint density at radius 2 is 1.12 bits per heavy atom. The van der Waals surface area contributed by atoms with E-state index in [1.807, 2.05) is 20.8 Å². The molecule has 550 valence electrons. The maximum atomic E-state index is 15.8. The van der Waals surface area contributed by atoms with E-state index in [4.69, 9.17) is 56.8 Å². The van der Waals surface area contributed by atoms with E-state index >= 15 is 4.79 Å². The van der Waals surface area contributed by atoms with Crippen LogP contribution in [0.4, 0.5) is 0 Å². The molecule has 0 aromatic heterocycles. The molecule has 11 rings (SSSR count). The van der Waals surface area contributed by atoms with Crippen LogP contribution >= 0.6 is 0 Å². The molecule has 5 aliphatic carbocycles. The highest BCUT2D eigenvalue weighted by molar-refractivity contribution is 5.80. The molecule has 0 aromatic rings. The molecule has 32 heteroatoms. The number of ether oxygens (including phenoxy) is 12. The topological polar surface area (TPSA) is 501 Å². The lowest BCUT2D eigenvalue weighted by molar-refractivity contribution is -0.349. The molecular formula is C64H103NO31. The van der Waals surface area contributed by atoms with Crippen LogP contribution < -0.4 is 5.32 Å². The van der Waals surface area contributed by atoms with Crippen LogP contribution in [0.15, 0.2) is 11.6 Å². The van der Waals surface area contributed by atoms with E-state index < -0.39 is 268 Å². The van der Waals surface area contributed by atoms with Gasteiger partial charge in [-0.15, -0.1) is 0 Å². The lowest BCUT2D eigenvalue weighted by Crippen LogP contribution is -2.73. The molecule has 10 fully saturated rings. The van der Waals surface area contributed by atoms with Crippen LogP contribution in [-0.2, 0) is 66.4 Å². The Kier molecular flexibility index (Phi) is 21.3. The fourth-order valence-corrected chi connectivity index (χ4v) is 18.7. The SMILES string of the molecule is CC(=O)N[C@H]1[C@H](O[C@H]2CC[C@]3(C)[C@H]4CC=C5[C@@H]6CC(C)(C)CC[C@]6(C(=O)O[C@@H]6O[C@H](CO[C@@H]7OC[C@](O)(CO)[C@H]7O)[C@@H](O)[C@H](O)[C@H]6O[C@@H]6OC[C@](O)(CO)[C@H]6O)[C@H](O)[C@H](O)[C@@]5(C)[C@]4(C)CC[C@H]3C2(C)C)O[C@H](CO[C@@H]2OC[C@H](O)[C@H](O)[C@H]2O)[C@@H](O)[C@@H]1O[C@@H]1OC[C@@H](O)[C@H](O)[C@H]1O. The van der Waals surface area contributed by atoms with E-state index in [-0.39, 0.29) is 18.3 Å². The largest absolute Gasteiger partial charge is 0.432 e. The second kappa shape index (κ2) is 27.3. The lowest BCUT2D eigenvalue weighted by atomic mass is 9.32. The summed E-state index contributed by atoms with van der Waals surface area (Å²) in [6.07, 6.45) is -34.4. The van der Waals surface area contributed by atoms with Gasteiger partial charge < -0.3 is 149 Å². The van der Waals surface area contributed by atoms with Crippen LogP contribution in [0.25, 0.3) is 0 Å². The molecule has 6 aliphatic heterocycles. The average Bonchev–Trinajstić information content (AvgIpc) is 0.953. The molecule has 1 amide bonds. The minimum absolute atomic E-state index is 0.0108. The standard InChI is InChI=1S/C64H103NO31/c1-26(68)65-36-44(94-52-43(77)38(72)30(70)19-86-52)40(74)32(21-87-51-42(76)37(71)29(69)18-85-51)91-50(36)93-35-12-13-59(6)33(58(35,4)5)11-14-60(7)34(59)10-9-27-28-17-57(2,3)15-16-64(28,47(79)46(78)61(27,60)8)56(82)96-53-45(95-55-49(81)63(84,23-67)25-90-55)41(75)39(73)31(92-53)20-88-54-48(80)62(83,22-66)24-89-54/h9,28-55,66-67,69-81,83-84H,10-25H2,1-8H3,(H,65,68)/t28-,29-,30+,31+,32+,33-,34+,35-,36+,37-,38-,39+,40+,41-,42+,43+,44+,45+,46-,47+,48-,49-,50-,51-,52-,53-,54+,55-,59-,60+,61-,62+,63+,64+/m0/s1. The smallest absolute Gasteiger partial charge is 0.317 e. The zero-order chi connectivity index (χ0) is 70.1. The van der Waals surface area contributed by atoms with Crippen LogP contribution in [0.2, 0.25) is 0 Å². The van der Waals surface area contributed by atoms with Crippen molar-refractivity contribution in [2.45, 2.75) is 272 Å². The normalized spacial score (nSPS) is 53.0. The molecule has 0 spiro atoms. The van der Waals surface area contributed by atoms with Gasteiger partial charge in [0.15, 0.2) is 37.6 Å². The van der Waals surface area contributed by atoms with Crippen molar-refractivity contribution in [1.82, 2.24) is 5.32 Å². The third-order valence-electron chi connectivity index (χ3n) is 24.8. The quantitative estimate of drug-likeness (QED) is 0.0367. The molecule has 11 aliphatic rings. The average molecular weight is 1380 g/mol. The van der Waals surface area contributed by atoms with Gasteiger partial charge in [0.25, 0.3) is 0 Å². The van der Waals surface area contributed by atoms with Crippen LogP contribution in [0.3, 0.4) is 0 Å². The van der Waals surface area contributed by atoms with Gasteiger partial charge in [-0.2, -0.15) is 0 Å². The number of carbonyl (C=O) groups excluding carboxylic acids is 2. The number of aliphatic hydroxyl groups is 17. The van der Waals surface area contributed by atoms with Crippen molar-refractivity contribution in [3.8, 4) is 0 Å². The highest BCUT2D eigenvalue weighted by Gasteiger charge is 2.75. The molecule has 0 radical (unpaired) electrons. The van der Waals surface area contributed by atoms with Gasteiger partial charge in [0.2, 0.25) is 12.2 Å². The number of carbonyl (C=O) groups is 2. The van der Waals surface area contributed by atoms with Crippen LogP contribution in [-0.4, -0.2) is 316 Å². The Labute approximate surface area is 555 Å². The highest BCUT2D eigenvalue weighted by atomic mass is 16.8. The van der Waals surface area contributed by atoms with Gasteiger partial charge in [0.05, 0.1) is 71.2 Å². The summed E-state index contributed by atoms with van der Waals surface area (Å²) in [6, 6.07) is -1.33. The van der Waals surface area contributed by atoms with Gasteiger partial charge in [-0.3, -0.25) is 9.59 Å². The highest BCUT2D eigenvalue weighted by Crippen LogP contribution is 2.76. The molecule has 4 saturated carbocycles. The van der Waals surface area contributed by atoms with E-state index in [1.165, 1.54) is 6.92 Å². The fraction of sp³-hybridized carbons (Fsp3) is 0.938. The summed E-state index contributed by atoms with van der Waals surface area (Å²) in [6.45, 7) is 10.7. The van der Waals surface area contributed by atoms with Crippen molar-refractivity contribution in [2.75, 3.05) is 52.9 Å². The van der Waals surface area contributed by atoms with Crippen LogP contribution in [0.1, 0.15) is 107 Å². The number of rotatable bonds is 17. The monoisotopic (exact) mass is 1380 g/mol. The molecule has 18 N–H and O–H groups in total. The maximum absolute atomic E-state index is 15.8. The van der Waals surface area contributed by atoms with Crippen LogP contribution in [0, 0.1) is 50.2 Å². The Morgan fingerprint density at radius 3 is 1.74 bits per heavy atom. The summed E-state index contributed by atoms with van der Waals surface area (Å²) in [5.74, 6) is -2.75. The van der Waals surface area contributed by atoms with Gasteiger partial charge >= 0.3 is 5.97 Å². The Hall–Kier alpha value is -2.44. The summed E-state index contributed by atoms with van der Waals surface area (Å²) >= 11 is 0. The summed E-state index contributed by atoms with van der Waals surface area (Å²) in [5, 5.41) is 191. The first-order valence-corrected chi connectivity index (χ1v) is 33.6. The number of esters is 1. The molecule has 0 unspecified atom stereocenters. The predicted molar refractivity (Wildman–Crippen MR) is 318 cm³/mol. The second-order valence-corrected chi connectivity index (χ2v) is 31.3. The van der Waals surface area contributed by atoms with Crippen molar-refractivity contribution in [3.63, 3.8) is 0 Å². The number of nitrogens with one attached hydrogen (secondary N) is 1. The van der Waals surface area contributed by atoms with Gasteiger partial charge in [0.1, 0.15) is 108 Å². The number of hydrogen-bond donors (Lipinski definition) is 18.